The molecule has 0 spiro atoms. The molecule has 4 heteroatoms. The maximum Gasteiger partial charge on any atom is 0.233 e. The lowest BCUT2D eigenvalue weighted by molar-refractivity contribution is -0.143. The molecule has 2 saturated carbocycles. The van der Waals surface area contributed by atoms with Crippen LogP contribution in [-0.4, -0.2) is 47.8 Å². The zero-order valence-electron chi connectivity index (χ0n) is 14.2. The molecule has 0 unspecified atom stereocenters. The van der Waals surface area contributed by atoms with Gasteiger partial charge in [0.15, 0.2) is 0 Å². The lowest BCUT2D eigenvalue weighted by atomic mass is 9.94. The van der Waals surface area contributed by atoms with Crippen LogP contribution in [0.3, 0.4) is 0 Å². The van der Waals surface area contributed by atoms with E-state index in [9.17, 15) is 9.59 Å². The molecule has 1 saturated heterocycles. The summed E-state index contributed by atoms with van der Waals surface area (Å²) in [4.78, 5) is 29.5. The van der Waals surface area contributed by atoms with Crippen LogP contribution in [-0.2, 0) is 15.0 Å². The average molecular weight is 326 g/mol. The summed E-state index contributed by atoms with van der Waals surface area (Å²) in [7, 11) is 0. The van der Waals surface area contributed by atoms with Crippen LogP contribution in [0, 0.1) is 5.92 Å². The van der Waals surface area contributed by atoms with Gasteiger partial charge in [0.1, 0.15) is 0 Å². The monoisotopic (exact) mass is 326 g/mol. The molecule has 4 nitrogen and oxygen atoms in total. The minimum atomic E-state index is -0.279. The Morgan fingerprint density at radius 2 is 1.46 bits per heavy atom. The number of benzene rings is 1. The summed E-state index contributed by atoms with van der Waals surface area (Å²) in [5, 5.41) is 0. The summed E-state index contributed by atoms with van der Waals surface area (Å²) in [6.07, 6.45) is 6.39. The van der Waals surface area contributed by atoms with E-state index in [1.807, 2.05) is 28.0 Å². The van der Waals surface area contributed by atoms with Crippen molar-refractivity contribution in [1.29, 1.82) is 0 Å². The zero-order chi connectivity index (χ0) is 16.6. The molecule has 0 N–H and O–H groups in total. The van der Waals surface area contributed by atoms with Gasteiger partial charge in [0, 0.05) is 32.1 Å². The number of nitrogens with zero attached hydrogens (tertiary/aromatic N) is 2. The van der Waals surface area contributed by atoms with Gasteiger partial charge in [-0.25, -0.2) is 0 Å². The van der Waals surface area contributed by atoms with Crippen LogP contribution < -0.4 is 0 Å². The van der Waals surface area contributed by atoms with Crippen LogP contribution in [0.2, 0.25) is 0 Å². The van der Waals surface area contributed by atoms with E-state index in [0.29, 0.717) is 32.1 Å². The third-order valence-electron chi connectivity index (χ3n) is 6.07. The number of piperazine rings is 1. The van der Waals surface area contributed by atoms with Crippen molar-refractivity contribution in [3.63, 3.8) is 0 Å². The summed E-state index contributed by atoms with van der Waals surface area (Å²) in [5.41, 5.74) is 0.873. The van der Waals surface area contributed by atoms with Crippen LogP contribution in [0.1, 0.15) is 44.1 Å². The smallest absolute Gasteiger partial charge is 0.233 e. The Balaban J connectivity index is 1.37. The molecule has 3 aliphatic rings. The van der Waals surface area contributed by atoms with Crippen LogP contribution >= 0.6 is 0 Å². The molecular weight excluding hydrogens is 300 g/mol. The van der Waals surface area contributed by atoms with Crippen molar-refractivity contribution < 1.29 is 9.59 Å². The van der Waals surface area contributed by atoms with Gasteiger partial charge in [0.05, 0.1) is 5.41 Å². The Morgan fingerprint density at radius 3 is 2.04 bits per heavy atom. The zero-order valence-corrected chi connectivity index (χ0v) is 14.2. The second kappa shape index (κ2) is 6.23. The van der Waals surface area contributed by atoms with Gasteiger partial charge in [0.25, 0.3) is 0 Å². The van der Waals surface area contributed by atoms with Crippen molar-refractivity contribution in [2.45, 2.75) is 43.9 Å². The van der Waals surface area contributed by atoms with E-state index in [1.165, 1.54) is 12.8 Å². The summed E-state index contributed by atoms with van der Waals surface area (Å²) in [5.74, 6) is 0.830. The van der Waals surface area contributed by atoms with Crippen molar-refractivity contribution in [1.82, 2.24) is 9.80 Å². The Morgan fingerprint density at radius 1 is 0.875 bits per heavy atom. The fourth-order valence-electron chi connectivity index (χ4n) is 4.37. The van der Waals surface area contributed by atoms with Crippen LogP contribution in [0.5, 0.6) is 0 Å². The molecule has 2 amide bonds. The van der Waals surface area contributed by atoms with Crippen molar-refractivity contribution in [3.8, 4) is 0 Å². The summed E-state index contributed by atoms with van der Waals surface area (Å²) in [6.45, 7) is 2.77. The fraction of sp³-hybridized carbons (Fsp3) is 0.600. The van der Waals surface area contributed by atoms with E-state index >= 15 is 0 Å². The third-order valence-corrected chi connectivity index (χ3v) is 6.07. The molecule has 1 aromatic rings. The summed E-state index contributed by atoms with van der Waals surface area (Å²) in [6, 6.07) is 10.2. The molecule has 0 bridgehead atoms. The largest absolute Gasteiger partial charge is 0.339 e. The van der Waals surface area contributed by atoms with Gasteiger partial charge >= 0.3 is 0 Å². The number of rotatable bonds is 3. The Hall–Kier alpha value is -1.84. The molecule has 1 heterocycles. The highest BCUT2D eigenvalue weighted by molar-refractivity contribution is 5.91. The highest BCUT2D eigenvalue weighted by Gasteiger charge is 2.53. The molecular formula is C20H26N2O2. The molecule has 0 atom stereocenters. The predicted octanol–water partition coefficient (Wildman–Crippen LogP) is 2.58. The van der Waals surface area contributed by atoms with Gasteiger partial charge in [-0.05, 0) is 31.2 Å². The molecule has 0 aromatic heterocycles. The fourth-order valence-corrected chi connectivity index (χ4v) is 4.37. The number of carbonyl (C=O) groups is 2. The van der Waals surface area contributed by atoms with E-state index in [0.717, 1.165) is 31.2 Å². The van der Waals surface area contributed by atoms with Gasteiger partial charge in [0.2, 0.25) is 11.8 Å². The maximum atomic E-state index is 13.0. The Labute approximate surface area is 143 Å². The van der Waals surface area contributed by atoms with Crippen LogP contribution in [0.15, 0.2) is 30.3 Å². The first-order valence-corrected chi connectivity index (χ1v) is 9.34. The quantitative estimate of drug-likeness (QED) is 0.856. The molecule has 3 fully saturated rings. The van der Waals surface area contributed by atoms with Crippen molar-refractivity contribution in [2.24, 2.45) is 5.92 Å². The normalized spacial score (nSPS) is 23.3. The van der Waals surface area contributed by atoms with Gasteiger partial charge in [-0.2, -0.15) is 0 Å². The van der Waals surface area contributed by atoms with E-state index in [2.05, 4.69) is 12.1 Å². The van der Waals surface area contributed by atoms with Gasteiger partial charge in [-0.1, -0.05) is 43.2 Å². The molecule has 1 aromatic carbocycles. The van der Waals surface area contributed by atoms with E-state index < -0.39 is 0 Å². The van der Waals surface area contributed by atoms with Gasteiger partial charge in [-0.15, -0.1) is 0 Å². The van der Waals surface area contributed by atoms with Crippen LogP contribution in [0.25, 0.3) is 0 Å². The lowest BCUT2D eigenvalue weighted by Gasteiger charge is -2.37. The Bertz CT molecular complexity index is 610. The first-order valence-electron chi connectivity index (χ1n) is 9.34. The standard InChI is InChI=1S/C20H26N2O2/c23-18(16-6-4-5-7-16)21-12-14-22(15-13-21)19(24)20(10-11-20)17-8-2-1-3-9-17/h1-3,8-9,16H,4-7,10-15H2. The first kappa shape index (κ1) is 15.7. The lowest BCUT2D eigenvalue weighted by Crippen LogP contribution is -2.53. The first-order chi connectivity index (χ1) is 11.7. The second-order valence-electron chi connectivity index (χ2n) is 7.55. The van der Waals surface area contributed by atoms with E-state index in [1.54, 1.807) is 0 Å². The van der Waals surface area contributed by atoms with E-state index in [-0.39, 0.29) is 17.2 Å². The molecule has 4 rings (SSSR count). The van der Waals surface area contributed by atoms with Gasteiger partial charge < -0.3 is 9.80 Å². The van der Waals surface area contributed by atoms with Gasteiger partial charge in [-0.3, -0.25) is 9.59 Å². The number of hydrogen-bond acceptors (Lipinski definition) is 2. The second-order valence-corrected chi connectivity index (χ2v) is 7.55. The molecule has 128 valence electrons. The molecule has 0 radical (unpaired) electrons. The highest BCUT2D eigenvalue weighted by atomic mass is 16.2. The number of carbonyl (C=O) groups excluding carboxylic acids is 2. The Kier molecular flexibility index (Phi) is 4.07. The van der Waals surface area contributed by atoms with E-state index in [4.69, 9.17) is 0 Å². The minimum absolute atomic E-state index is 0.242. The summed E-state index contributed by atoms with van der Waals surface area (Å²) >= 11 is 0. The van der Waals surface area contributed by atoms with Crippen molar-refractivity contribution in [3.05, 3.63) is 35.9 Å². The molecule has 1 aliphatic heterocycles. The average Bonchev–Trinajstić information content (AvgIpc) is 3.28. The van der Waals surface area contributed by atoms with Crippen LogP contribution in [0.4, 0.5) is 0 Å². The summed E-state index contributed by atoms with van der Waals surface area (Å²) < 4.78 is 0. The minimum Gasteiger partial charge on any atom is -0.339 e. The number of hydrogen-bond donors (Lipinski definition) is 0. The third kappa shape index (κ3) is 2.72. The molecule has 24 heavy (non-hydrogen) atoms. The van der Waals surface area contributed by atoms with Crippen molar-refractivity contribution in [2.75, 3.05) is 26.2 Å². The maximum absolute atomic E-state index is 13.0. The SMILES string of the molecule is O=C(C1CCCC1)N1CCN(C(=O)C2(c3ccccc3)CC2)CC1. The highest BCUT2D eigenvalue weighted by Crippen LogP contribution is 2.49. The topological polar surface area (TPSA) is 40.6 Å². The number of amides is 2. The molecule has 2 aliphatic carbocycles. The van der Waals surface area contributed by atoms with Crippen molar-refractivity contribution >= 4 is 11.8 Å². The predicted molar refractivity (Wildman–Crippen MR) is 92.5 cm³/mol.